The average Bonchev–Trinajstić information content (AvgIpc) is 2.50. The van der Waals surface area contributed by atoms with E-state index in [-0.39, 0.29) is 11.2 Å². The molecule has 0 aliphatic carbocycles. The van der Waals surface area contributed by atoms with Crippen LogP contribution < -0.4 is 4.74 Å². The highest BCUT2D eigenvalue weighted by Crippen LogP contribution is 2.40. The number of ether oxygens (including phenoxy) is 1. The van der Waals surface area contributed by atoms with Crippen molar-refractivity contribution < 1.29 is 9.84 Å². The first-order valence-electron chi connectivity index (χ1n) is 7.78. The predicted octanol–water partition coefficient (Wildman–Crippen LogP) is 6.20. The quantitative estimate of drug-likeness (QED) is 0.626. The van der Waals surface area contributed by atoms with Gasteiger partial charge in [-0.05, 0) is 41.8 Å². The fourth-order valence-electron chi connectivity index (χ4n) is 2.42. The third-order valence-electron chi connectivity index (χ3n) is 4.05. The van der Waals surface area contributed by atoms with Gasteiger partial charge in [-0.1, -0.05) is 62.5 Å². The highest BCUT2D eigenvalue weighted by atomic mass is 35.5. The molecular formula is C19H22Cl2O2. The number of halogens is 2. The molecule has 0 aromatic heterocycles. The largest absolute Gasteiger partial charge is 0.508 e. The summed E-state index contributed by atoms with van der Waals surface area (Å²) in [5.74, 6) is 0.798. The minimum Gasteiger partial charge on any atom is -0.508 e. The lowest BCUT2D eigenvalue weighted by molar-refractivity contribution is 0.309. The van der Waals surface area contributed by atoms with Crippen molar-refractivity contribution in [2.24, 2.45) is 0 Å². The molecule has 0 heterocycles. The van der Waals surface area contributed by atoms with Crippen molar-refractivity contribution in [2.45, 2.75) is 39.0 Å². The van der Waals surface area contributed by atoms with Crippen LogP contribution >= 0.6 is 23.2 Å². The summed E-state index contributed by atoms with van der Waals surface area (Å²) in [5, 5.41) is 10.5. The van der Waals surface area contributed by atoms with Crippen molar-refractivity contribution in [3.8, 4) is 11.5 Å². The summed E-state index contributed by atoms with van der Waals surface area (Å²) in [6, 6.07) is 11.0. The maximum Gasteiger partial charge on any atom is 0.156 e. The van der Waals surface area contributed by atoms with E-state index in [1.54, 1.807) is 12.1 Å². The first-order chi connectivity index (χ1) is 10.9. The molecule has 2 nitrogen and oxygen atoms in total. The van der Waals surface area contributed by atoms with Crippen LogP contribution in [0.1, 0.15) is 44.7 Å². The molecule has 0 aliphatic rings. The molecule has 2 aromatic carbocycles. The normalized spacial score (nSPS) is 11.5. The Morgan fingerprint density at radius 3 is 2.09 bits per heavy atom. The summed E-state index contributed by atoms with van der Waals surface area (Å²) in [6.07, 6.45) is 2.02. The molecule has 124 valence electrons. The maximum atomic E-state index is 9.46. The van der Waals surface area contributed by atoms with E-state index >= 15 is 0 Å². The van der Waals surface area contributed by atoms with Gasteiger partial charge in [-0.2, -0.15) is 0 Å². The standard InChI is InChI=1S/C19H22Cl2O2/c1-4-5-10-23-18-16(20)11-14(12-17(18)21)19(2,3)13-6-8-15(22)9-7-13/h6-9,11-12,22H,4-5,10H2,1-3H3. The van der Waals surface area contributed by atoms with Crippen LogP contribution in [0.25, 0.3) is 0 Å². The van der Waals surface area contributed by atoms with Gasteiger partial charge >= 0.3 is 0 Å². The van der Waals surface area contributed by atoms with Crippen LogP contribution in [0.15, 0.2) is 36.4 Å². The monoisotopic (exact) mass is 352 g/mol. The third kappa shape index (κ3) is 4.13. The van der Waals surface area contributed by atoms with E-state index in [9.17, 15) is 5.11 Å². The summed E-state index contributed by atoms with van der Waals surface area (Å²) < 4.78 is 5.70. The molecule has 0 aliphatic heterocycles. The van der Waals surface area contributed by atoms with Crippen molar-refractivity contribution in [2.75, 3.05) is 6.61 Å². The highest BCUT2D eigenvalue weighted by Gasteiger charge is 2.25. The SMILES string of the molecule is CCCCOc1c(Cl)cc(C(C)(C)c2ccc(O)cc2)cc1Cl. The van der Waals surface area contributed by atoms with Gasteiger partial charge in [0.25, 0.3) is 0 Å². The molecule has 0 fully saturated rings. The third-order valence-corrected chi connectivity index (χ3v) is 4.61. The van der Waals surface area contributed by atoms with Gasteiger partial charge in [-0.15, -0.1) is 0 Å². The Balaban J connectivity index is 2.34. The van der Waals surface area contributed by atoms with Crippen molar-refractivity contribution in [3.05, 3.63) is 57.6 Å². The second-order valence-electron chi connectivity index (χ2n) is 6.14. The van der Waals surface area contributed by atoms with Gasteiger partial charge in [0.1, 0.15) is 5.75 Å². The Hall–Kier alpha value is -1.38. The highest BCUT2D eigenvalue weighted by molar-refractivity contribution is 6.37. The summed E-state index contributed by atoms with van der Waals surface area (Å²) in [4.78, 5) is 0. The number of phenolic OH excluding ortho intramolecular Hbond substituents is 1. The lowest BCUT2D eigenvalue weighted by atomic mass is 9.78. The van der Waals surface area contributed by atoms with Gasteiger partial charge in [0.2, 0.25) is 0 Å². The fraction of sp³-hybridized carbons (Fsp3) is 0.368. The van der Waals surface area contributed by atoms with Gasteiger partial charge in [-0.25, -0.2) is 0 Å². The Morgan fingerprint density at radius 2 is 1.57 bits per heavy atom. The van der Waals surface area contributed by atoms with Crippen LogP contribution in [0.4, 0.5) is 0 Å². The van der Waals surface area contributed by atoms with Gasteiger partial charge in [0.15, 0.2) is 5.75 Å². The Kier molecular flexibility index (Phi) is 5.83. The van der Waals surface area contributed by atoms with Gasteiger partial charge in [0.05, 0.1) is 16.7 Å². The van der Waals surface area contributed by atoms with Crippen LogP contribution in [0.5, 0.6) is 11.5 Å². The number of unbranched alkanes of at least 4 members (excludes halogenated alkanes) is 1. The zero-order chi connectivity index (χ0) is 17.0. The van der Waals surface area contributed by atoms with Crippen molar-refractivity contribution in [1.29, 1.82) is 0 Å². The summed E-state index contributed by atoms with van der Waals surface area (Å²) in [6.45, 7) is 6.91. The van der Waals surface area contributed by atoms with Crippen LogP contribution in [0.2, 0.25) is 10.0 Å². The molecule has 2 rings (SSSR count). The van der Waals surface area contributed by atoms with Crippen LogP contribution in [0, 0.1) is 0 Å². The molecule has 0 unspecified atom stereocenters. The van der Waals surface area contributed by atoms with Crippen molar-refractivity contribution in [1.82, 2.24) is 0 Å². The molecule has 1 N–H and O–H groups in total. The van der Waals surface area contributed by atoms with Gasteiger partial charge in [0, 0.05) is 5.41 Å². The first-order valence-corrected chi connectivity index (χ1v) is 8.53. The minimum absolute atomic E-state index is 0.250. The molecule has 0 amide bonds. The minimum atomic E-state index is -0.289. The lowest BCUT2D eigenvalue weighted by Gasteiger charge is -2.27. The Labute approximate surface area is 148 Å². The molecule has 0 spiro atoms. The number of phenols is 1. The maximum absolute atomic E-state index is 9.46. The molecule has 4 heteroatoms. The molecule has 23 heavy (non-hydrogen) atoms. The van der Waals surface area contributed by atoms with Crippen LogP contribution in [-0.2, 0) is 5.41 Å². The van der Waals surface area contributed by atoms with E-state index in [0.29, 0.717) is 22.4 Å². The topological polar surface area (TPSA) is 29.5 Å². The van der Waals surface area contributed by atoms with Crippen molar-refractivity contribution in [3.63, 3.8) is 0 Å². The van der Waals surface area contributed by atoms with Crippen LogP contribution in [-0.4, -0.2) is 11.7 Å². The van der Waals surface area contributed by atoms with Crippen molar-refractivity contribution >= 4 is 23.2 Å². The zero-order valence-electron chi connectivity index (χ0n) is 13.7. The number of hydrogen-bond donors (Lipinski definition) is 1. The van der Waals surface area contributed by atoms with Gasteiger partial charge in [-0.3, -0.25) is 0 Å². The van der Waals surface area contributed by atoms with E-state index in [4.69, 9.17) is 27.9 Å². The van der Waals surface area contributed by atoms with Gasteiger partial charge < -0.3 is 9.84 Å². The molecular weight excluding hydrogens is 331 g/mol. The predicted molar refractivity (Wildman–Crippen MR) is 97.1 cm³/mol. The molecule has 0 saturated heterocycles. The Morgan fingerprint density at radius 1 is 1.00 bits per heavy atom. The lowest BCUT2D eigenvalue weighted by Crippen LogP contribution is -2.19. The summed E-state index contributed by atoms with van der Waals surface area (Å²) >= 11 is 12.8. The second kappa shape index (κ2) is 7.46. The molecule has 0 saturated carbocycles. The average molecular weight is 353 g/mol. The number of rotatable bonds is 6. The molecule has 0 atom stereocenters. The molecule has 0 bridgehead atoms. The number of benzene rings is 2. The van der Waals surface area contributed by atoms with E-state index in [0.717, 1.165) is 24.0 Å². The fourth-order valence-corrected chi connectivity index (χ4v) is 3.02. The zero-order valence-corrected chi connectivity index (χ0v) is 15.2. The van der Waals surface area contributed by atoms with E-state index in [2.05, 4.69) is 20.8 Å². The van der Waals surface area contributed by atoms with E-state index in [1.165, 1.54) is 0 Å². The van der Waals surface area contributed by atoms with E-state index in [1.807, 2.05) is 24.3 Å². The number of aromatic hydroxyl groups is 1. The molecule has 0 radical (unpaired) electrons. The van der Waals surface area contributed by atoms with Crippen LogP contribution in [0.3, 0.4) is 0 Å². The first kappa shape index (κ1) is 18.0. The Bertz CT molecular complexity index is 641. The summed E-state index contributed by atoms with van der Waals surface area (Å²) in [5.41, 5.74) is 1.78. The smallest absolute Gasteiger partial charge is 0.156 e. The second-order valence-corrected chi connectivity index (χ2v) is 6.96. The molecule has 2 aromatic rings. The summed E-state index contributed by atoms with van der Waals surface area (Å²) in [7, 11) is 0. The van der Waals surface area contributed by atoms with E-state index < -0.39 is 0 Å². The number of hydrogen-bond acceptors (Lipinski definition) is 2.